The topological polar surface area (TPSA) is 196 Å². The van der Waals surface area contributed by atoms with Gasteiger partial charge in [-0.2, -0.15) is 0 Å². The lowest BCUT2D eigenvalue weighted by molar-refractivity contribution is -0.138. The first-order valence-corrected chi connectivity index (χ1v) is 14.9. The number of rotatable bonds is 15. The maximum Gasteiger partial charge on any atom is 0.322 e. The summed E-state index contributed by atoms with van der Waals surface area (Å²) in [5, 5.41) is 20.2. The first kappa shape index (κ1) is 33.4. The van der Waals surface area contributed by atoms with Gasteiger partial charge >= 0.3 is 5.97 Å². The molecule has 0 unspecified atom stereocenters. The standard InChI is InChI=1S/C34H38N6O6/c1-21(31(43)39-28(33(45)37-20-30(41)42)16-22-10-4-2-5-11-22)38-34(46)29(17-23-12-6-3-7-13-23)40-32(44)26(35)18-24-19-36-27-15-9-8-14-25(24)27/h2-15,19,21,26,28-29,36H,16-18,20,35H2,1H3,(H,37,45)(H,38,46)(H,39,43)(H,40,44)(H,41,42)/t21-,26-,28-,29-/m1/s1. The smallest absolute Gasteiger partial charge is 0.322 e. The van der Waals surface area contributed by atoms with Crippen LogP contribution in [0.15, 0.2) is 91.1 Å². The Balaban J connectivity index is 1.43. The molecule has 46 heavy (non-hydrogen) atoms. The molecule has 1 aromatic heterocycles. The van der Waals surface area contributed by atoms with Crippen LogP contribution in [0.25, 0.3) is 10.9 Å². The molecule has 8 N–H and O–H groups in total. The van der Waals surface area contributed by atoms with Crippen LogP contribution in [0.4, 0.5) is 0 Å². The minimum Gasteiger partial charge on any atom is -0.480 e. The summed E-state index contributed by atoms with van der Waals surface area (Å²) >= 11 is 0. The van der Waals surface area contributed by atoms with E-state index in [0.717, 1.165) is 27.6 Å². The van der Waals surface area contributed by atoms with Crippen LogP contribution in [0.2, 0.25) is 0 Å². The Bertz CT molecular complexity index is 1660. The van der Waals surface area contributed by atoms with Gasteiger partial charge in [-0.15, -0.1) is 0 Å². The van der Waals surface area contributed by atoms with E-state index in [-0.39, 0.29) is 19.3 Å². The Morgan fingerprint density at radius 2 is 1.24 bits per heavy atom. The summed E-state index contributed by atoms with van der Waals surface area (Å²) in [6.45, 7) is 0.835. The van der Waals surface area contributed by atoms with E-state index in [1.165, 1.54) is 6.92 Å². The molecule has 3 aromatic carbocycles. The largest absolute Gasteiger partial charge is 0.480 e. The highest BCUT2D eigenvalue weighted by Crippen LogP contribution is 2.19. The van der Waals surface area contributed by atoms with Crippen molar-refractivity contribution in [2.75, 3.05) is 6.54 Å². The Morgan fingerprint density at radius 1 is 0.696 bits per heavy atom. The highest BCUT2D eigenvalue weighted by Gasteiger charge is 2.29. The van der Waals surface area contributed by atoms with E-state index in [1.54, 1.807) is 36.5 Å². The van der Waals surface area contributed by atoms with Crippen molar-refractivity contribution in [3.8, 4) is 0 Å². The number of carbonyl (C=O) groups is 5. The van der Waals surface area contributed by atoms with Crippen molar-refractivity contribution < 1.29 is 29.1 Å². The summed E-state index contributed by atoms with van der Waals surface area (Å²) in [6.07, 6.45) is 2.28. The summed E-state index contributed by atoms with van der Waals surface area (Å²) < 4.78 is 0. The molecule has 12 heteroatoms. The second-order valence-corrected chi connectivity index (χ2v) is 11.0. The number of nitrogens with one attached hydrogen (secondary N) is 5. The summed E-state index contributed by atoms with van der Waals surface area (Å²) in [6, 6.07) is 21.4. The van der Waals surface area contributed by atoms with E-state index in [9.17, 15) is 24.0 Å². The number of aliphatic carboxylic acids is 1. The maximum absolute atomic E-state index is 13.5. The zero-order valence-corrected chi connectivity index (χ0v) is 25.4. The molecule has 4 rings (SSSR count). The van der Waals surface area contributed by atoms with E-state index < -0.39 is 60.3 Å². The fourth-order valence-electron chi connectivity index (χ4n) is 4.99. The van der Waals surface area contributed by atoms with Crippen molar-refractivity contribution >= 4 is 40.5 Å². The van der Waals surface area contributed by atoms with Crippen LogP contribution in [0.3, 0.4) is 0 Å². The zero-order chi connectivity index (χ0) is 33.1. The number of para-hydroxylation sites is 1. The molecule has 4 amide bonds. The predicted molar refractivity (Wildman–Crippen MR) is 172 cm³/mol. The number of hydrogen-bond donors (Lipinski definition) is 7. The SMILES string of the molecule is C[C@@H](NC(=O)[C@@H](Cc1ccccc1)NC(=O)[C@H](N)Cc1c[nH]c2ccccc12)C(=O)N[C@H](Cc1ccccc1)C(=O)NCC(=O)O. The van der Waals surface area contributed by atoms with Gasteiger partial charge in [-0.25, -0.2) is 0 Å². The molecular weight excluding hydrogens is 588 g/mol. The number of amides is 4. The molecule has 4 atom stereocenters. The third kappa shape index (κ3) is 9.50. The van der Waals surface area contributed by atoms with Crippen molar-refractivity contribution in [1.29, 1.82) is 0 Å². The van der Waals surface area contributed by atoms with E-state index in [2.05, 4.69) is 26.3 Å². The summed E-state index contributed by atoms with van der Waals surface area (Å²) in [7, 11) is 0. The van der Waals surface area contributed by atoms with E-state index in [0.29, 0.717) is 0 Å². The van der Waals surface area contributed by atoms with Crippen molar-refractivity contribution in [3.05, 3.63) is 108 Å². The molecule has 0 spiro atoms. The number of aromatic amines is 1. The van der Waals surface area contributed by atoms with Crippen LogP contribution in [0.1, 0.15) is 23.6 Å². The lowest BCUT2D eigenvalue weighted by Crippen LogP contribution is -2.58. The minimum absolute atomic E-state index is 0.0969. The van der Waals surface area contributed by atoms with E-state index in [1.807, 2.05) is 54.6 Å². The highest BCUT2D eigenvalue weighted by molar-refractivity contribution is 5.95. The zero-order valence-electron chi connectivity index (χ0n) is 25.4. The lowest BCUT2D eigenvalue weighted by Gasteiger charge is -2.24. The molecular formula is C34H38N6O6. The first-order chi connectivity index (χ1) is 22.1. The van der Waals surface area contributed by atoms with Gasteiger partial charge in [-0.1, -0.05) is 78.9 Å². The second kappa shape index (κ2) is 16.0. The van der Waals surface area contributed by atoms with Crippen LogP contribution < -0.4 is 27.0 Å². The number of nitrogens with two attached hydrogens (primary N) is 1. The molecule has 0 fully saturated rings. The Labute approximate surface area is 266 Å². The number of aromatic nitrogens is 1. The average molecular weight is 627 g/mol. The monoisotopic (exact) mass is 626 g/mol. The molecule has 0 saturated heterocycles. The summed E-state index contributed by atoms with van der Waals surface area (Å²) in [5.74, 6) is -3.73. The normalized spacial score (nSPS) is 13.5. The van der Waals surface area contributed by atoms with Gasteiger partial charge in [0.05, 0.1) is 6.04 Å². The molecule has 0 aliphatic carbocycles. The van der Waals surface area contributed by atoms with Gasteiger partial charge < -0.3 is 37.1 Å². The van der Waals surface area contributed by atoms with Crippen LogP contribution in [0, 0.1) is 0 Å². The fourth-order valence-corrected chi connectivity index (χ4v) is 4.99. The molecule has 0 radical (unpaired) electrons. The van der Waals surface area contributed by atoms with Gasteiger partial charge in [-0.3, -0.25) is 24.0 Å². The molecule has 4 aromatic rings. The molecule has 12 nitrogen and oxygen atoms in total. The Hall–Kier alpha value is -5.49. The summed E-state index contributed by atoms with van der Waals surface area (Å²) in [4.78, 5) is 66.9. The van der Waals surface area contributed by atoms with Crippen molar-refractivity contribution in [2.24, 2.45) is 5.73 Å². The van der Waals surface area contributed by atoms with E-state index >= 15 is 0 Å². The van der Waals surface area contributed by atoms with Gasteiger partial charge in [0.2, 0.25) is 23.6 Å². The van der Waals surface area contributed by atoms with Gasteiger partial charge in [0.15, 0.2) is 0 Å². The number of carboxylic acids is 1. The van der Waals surface area contributed by atoms with Crippen molar-refractivity contribution in [3.63, 3.8) is 0 Å². The predicted octanol–water partition coefficient (Wildman–Crippen LogP) is 1.20. The molecule has 0 saturated carbocycles. The number of carbonyl (C=O) groups excluding carboxylic acids is 4. The van der Waals surface area contributed by atoms with Gasteiger partial charge in [-0.05, 0) is 36.1 Å². The third-order valence-electron chi connectivity index (χ3n) is 7.45. The first-order valence-electron chi connectivity index (χ1n) is 14.9. The maximum atomic E-state index is 13.5. The van der Waals surface area contributed by atoms with E-state index in [4.69, 9.17) is 10.8 Å². The number of fused-ring (bicyclic) bond motifs is 1. The summed E-state index contributed by atoms with van der Waals surface area (Å²) in [5.41, 5.74) is 9.59. The van der Waals surface area contributed by atoms with Crippen molar-refractivity contribution in [2.45, 2.75) is 50.4 Å². The van der Waals surface area contributed by atoms with Crippen LogP contribution in [-0.2, 0) is 43.2 Å². The van der Waals surface area contributed by atoms with Gasteiger partial charge in [0, 0.05) is 29.9 Å². The number of hydrogen-bond acceptors (Lipinski definition) is 6. The Kier molecular flexibility index (Phi) is 11.6. The van der Waals surface area contributed by atoms with Gasteiger partial charge in [0.25, 0.3) is 0 Å². The third-order valence-corrected chi connectivity index (χ3v) is 7.45. The minimum atomic E-state index is -1.23. The Morgan fingerprint density at radius 3 is 1.85 bits per heavy atom. The lowest BCUT2D eigenvalue weighted by atomic mass is 10.0. The highest BCUT2D eigenvalue weighted by atomic mass is 16.4. The fraction of sp³-hybridized carbons (Fsp3) is 0.265. The van der Waals surface area contributed by atoms with Gasteiger partial charge in [0.1, 0.15) is 24.7 Å². The number of benzene rings is 3. The van der Waals surface area contributed by atoms with Crippen LogP contribution >= 0.6 is 0 Å². The quantitative estimate of drug-likeness (QED) is 0.103. The molecule has 1 heterocycles. The molecule has 0 aliphatic heterocycles. The average Bonchev–Trinajstić information content (AvgIpc) is 3.46. The number of carboxylic acid groups (broad SMARTS) is 1. The molecule has 0 bridgehead atoms. The molecule has 240 valence electrons. The van der Waals surface area contributed by atoms with Crippen molar-refractivity contribution in [1.82, 2.24) is 26.3 Å². The number of H-pyrrole nitrogens is 1. The molecule has 0 aliphatic rings. The second-order valence-electron chi connectivity index (χ2n) is 11.0. The van der Waals surface area contributed by atoms with Crippen LogP contribution in [-0.4, -0.2) is 70.4 Å². The van der Waals surface area contributed by atoms with Crippen LogP contribution in [0.5, 0.6) is 0 Å².